The number of anilines is 1. The first-order valence-corrected chi connectivity index (χ1v) is 11.6. The molecule has 1 aliphatic rings. The zero-order valence-corrected chi connectivity index (χ0v) is 19.9. The minimum atomic E-state index is -0.0488. The number of benzene rings is 1. The highest BCUT2D eigenvalue weighted by Gasteiger charge is 2.42. The highest BCUT2D eigenvalue weighted by Crippen LogP contribution is 2.43. The number of aryl methyl sites for hydroxylation is 2. The fourth-order valence-corrected chi connectivity index (χ4v) is 5.05. The van der Waals surface area contributed by atoms with Crippen LogP contribution in [0.1, 0.15) is 45.9 Å². The van der Waals surface area contributed by atoms with E-state index in [2.05, 4.69) is 88.0 Å². The fraction of sp³-hybridized carbons (Fsp3) is 0.222. The Bertz CT molecular complexity index is 1270. The maximum atomic E-state index is 5.87. The van der Waals surface area contributed by atoms with Gasteiger partial charge in [0.2, 0.25) is 0 Å². The molecule has 6 heteroatoms. The number of hydrogen-bond donors (Lipinski definition) is 1. The van der Waals surface area contributed by atoms with E-state index >= 15 is 0 Å². The van der Waals surface area contributed by atoms with Crippen molar-refractivity contribution < 1.29 is 0 Å². The summed E-state index contributed by atoms with van der Waals surface area (Å²) in [5.74, 6) is 0. The van der Waals surface area contributed by atoms with E-state index in [1.807, 2.05) is 36.8 Å². The van der Waals surface area contributed by atoms with Crippen molar-refractivity contribution in [2.75, 3.05) is 4.90 Å². The highest BCUT2D eigenvalue weighted by atomic mass is 32.1. The van der Waals surface area contributed by atoms with Gasteiger partial charge in [-0.25, -0.2) is 0 Å². The number of nitrogens with zero attached hydrogens (tertiary/aromatic N) is 4. The summed E-state index contributed by atoms with van der Waals surface area (Å²) in [6, 6.07) is 20.9. The summed E-state index contributed by atoms with van der Waals surface area (Å²) in [4.78, 5) is 11.2. The average molecular weight is 454 g/mol. The van der Waals surface area contributed by atoms with E-state index in [0.29, 0.717) is 0 Å². The smallest absolute Gasteiger partial charge is 0.174 e. The van der Waals surface area contributed by atoms with Crippen molar-refractivity contribution in [1.29, 1.82) is 0 Å². The molecule has 3 aromatic heterocycles. The molecule has 166 valence electrons. The third-order valence-corrected chi connectivity index (χ3v) is 6.72. The van der Waals surface area contributed by atoms with Crippen molar-refractivity contribution >= 4 is 23.0 Å². The first kappa shape index (κ1) is 21.3. The first-order valence-electron chi connectivity index (χ1n) is 11.2. The molecule has 1 fully saturated rings. The van der Waals surface area contributed by atoms with Gasteiger partial charge >= 0.3 is 0 Å². The molecule has 1 aromatic carbocycles. The molecular weight excluding hydrogens is 426 g/mol. The molecule has 1 aliphatic heterocycles. The van der Waals surface area contributed by atoms with Crippen LogP contribution in [0, 0.1) is 20.8 Å². The van der Waals surface area contributed by atoms with Crippen LogP contribution in [0.5, 0.6) is 0 Å². The Morgan fingerprint density at radius 3 is 2.48 bits per heavy atom. The van der Waals surface area contributed by atoms with Gasteiger partial charge in [0.25, 0.3) is 0 Å². The molecule has 33 heavy (non-hydrogen) atoms. The van der Waals surface area contributed by atoms with Crippen LogP contribution < -0.4 is 10.2 Å². The molecule has 4 aromatic rings. The number of pyridine rings is 2. The van der Waals surface area contributed by atoms with Gasteiger partial charge in [-0.2, -0.15) is 0 Å². The molecule has 1 saturated heterocycles. The van der Waals surface area contributed by atoms with E-state index < -0.39 is 0 Å². The van der Waals surface area contributed by atoms with Crippen LogP contribution in [-0.4, -0.2) is 19.6 Å². The predicted molar refractivity (Wildman–Crippen MR) is 136 cm³/mol. The molecule has 0 aliphatic carbocycles. The lowest BCUT2D eigenvalue weighted by Gasteiger charge is -2.28. The molecule has 4 heterocycles. The summed E-state index contributed by atoms with van der Waals surface area (Å²) < 4.78 is 2.36. The zero-order chi connectivity index (χ0) is 22.9. The van der Waals surface area contributed by atoms with Crippen molar-refractivity contribution in [2.45, 2.75) is 39.4 Å². The molecule has 0 unspecified atom stereocenters. The highest BCUT2D eigenvalue weighted by molar-refractivity contribution is 7.80. The summed E-state index contributed by atoms with van der Waals surface area (Å²) in [6.45, 7) is 7.25. The van der Waals surface area contributed by atoms with Gasteiger partial charge in [0.1, 0.15) is 0 Å². The SMILES string of the molecule is Cc1ccc(N2C(=S)N[C@H](c3ccccn3)[C@H]2c2cc(C)n(Cc3cccnc3)c2C)cc1. The van der Waals surface area contributed by atoms with E-state index in [9.17, 15) is 0 Å². The van der Waals surface area contributed by atoms with Crippen LogP contribution in [0.4, 0.5) is 5.69 Å². The van der Waals surface area contributed by atoms with Gasteiger partial charge < -0.3 is 14.8 Å². The lowest BCUT2D eigenvalue weighted by Crippen LogP contribution is -2.29. The zero-order valence-electron chi connectivity index (χ0n) is 19.1. The van der Waals surface area contributed by atoms with E-state index in [1.54, 1.807) is 0 Å². The fourth-order valence-electron chi connectivity index (χ4n) is 4.70. The summed E-state index contributed by atoms with van der Waals surface area (Å²) in [6.07, 6.45) is 5.59. The molecule has 1 N–H and O–H groups in total. The Kier molecular flexibility index (Phi) is 5.68. The van der Waals surface area contributed by atoms with Crippen LogP contribution in [-0.2, 0) is 6.54 Å². The molecule has 0 radical (unpaired) electrons. The van der Waals surface area contributed by atoms with Crippen molar-refractivity contribution in [3.63, 3.8) is 0 Å². The van der Waals surface area contributed by atoms with Gasteiger partial charge in [-0.05, 0) is 80.5 Å². The molecular formula is C27H27N5S. The Morgan fingerprint density at radius 2 is 1.79 bits per heavy atom. The van der Waals surface area contributed by atoms with Gasteiger partial charge in [-0.1, -0.05) is 29.8 Å². The third-order valence-electron chi connectivity index (χ3n) is 6.41. The van der Waals surface area contributed by atoms with Gasteiger partial charge in [0.05, 0.1) is 17.8 Å². The lowest BCUT2D eigenvalue weighted by molar-refractivity contribution is 0.563. The summed E-state index contributed by atoms with van der Waals surface area (Å²) in [7, 11) is 0. The molecule has 5 rings (SSSR count). The maximum absolute atomic E-state index is 5.87. The van der Waals surface area contributed by atoms with Crippen molar-refractivity contribution in [1.82, 2.24) is 19.9 Å². The molecule has 0 spiro atoms. The summed E-state index contributed by atoms with van der Waals surface area (Å²) in [5, 5.41) is 4.28. The van der Waals surface area contributed by atoms with E-state index in [4.69, 9.17) is 12.2 Å². The quantitative estimate of drug-likeness (QED) is 0.408. The van der Waals surface area contributed by atoms with Crippen LogP contribution >= 0.6 is 12.2 Å². The van der Waals surface area contributed by atoms with E-state index in [-0.39, 0.29) is 12.1 Å². The Labute approximate surface area is 200 Å². The Morgan fingerprint density at radius 1 is 0.970 bits per heavy atom. The lowest BCUT2D eigenvalue weighted by atomic mass is 9.96. The summed E-state index contributed by atoms with van der Waals surface area (Å²) >= 11 is 5.87. The van der Waals surface area contributed by atoms with Crippen molar-refractivity contribution in [3.05, 3.63) is 113 Å². The normalized spacial score (nSPS) is 17.9. The number of nitrogens with one attached hydrogen (secondary N) is 1. The molecule has 2 atom stereocenters. The number of thiocarbonyl (C=S) groups is 1. The van der Waals surface area contributed by atoms with Gasteiger partial charge in [-0.3, -0.25) is 9.97 Å². The summed E-state index contributed by atoms with van der Waals surface area (Å²) in [5.41, 5.74) is 8.17. The third kappa shape index (κ3) is 4.02. The largest absolute Gasteiger partial charge is 0.351 e. The topological polar surface area (TPSA) is 46.0 Å². The minimum Gasteiger partial charge on any atom is -0.351 e. The average Bonchev–Trinajstić information content (AvgIpc) is 3.32. The number of aromatic nitrogens is 3. The Hall–Kier alpha value is -3.51. The second kappa shape index (κ2) is 8.79. The monoisotopic (exact) mass is 453 g/mol. The molecule has 5 nitrogen and oxygen atoms in total. The van der Waals surface area contributed by atoms with Gasteiger partial charge in [0, 0.05) is 42.2 Å². The van der Waals surface area contributed by atoms with Crippen molar-refractivity contribution in [3.8, 4) is 0 Å². The molecule has 0 amide bonds. The maximum Gasteiger partial charge on any atom is 0.174 e. The second-order valence-electron chi connectivity index (χ2n) is 8.61. The van der Waals surface area contributed by atoms with Crippen LogP contribution in [0.15, 0.2) is 79.3 Å². The second-order valence-corrected chi connectivity index (χ2v) is 8.99. The van der Waals surface area contributed by atoms with E-state index in [1.165, 1.54) is 28.1 Å². The van der Waals surface area contributed by atoms with Gasteiger partial charge in [0.15, 0.2) is 5.11 Å². The Balaban J connectivity index is 1.62. The number of hydrogen-bond acceptors (Lipinski definition) is 3. The molecule has 0 bridgehead atoms. The first-order chi connectivity index (χ1) is 16.0. The van der Waals surface area contributed by atoms with Crippen LogP contribution in [0.3, 0.4) is 0 Å². The van der Waals surface area contributed by atoms with Crippen LogP contribution in [0.25, 0.3) is 0 Å². The van der Waals surface area contributed by atoms with Gasteiger partial charge in [-0.15, -0.1) is 0 Å². The predicted octanol–water partition coefficient (Wildman–Crippen LogP) is 5.43. The van der Waals surface area contributed by atoms with E-state index in [0.717, 1.165) is 23.0 Å². The standard InChI is InChI=1S/C27H27N5S/c1-18-9-11-22(12-10-18)32-26(25(30-27(32)33)24-8-4-5-14-29-24)23-15-19(2)31(20(23)3)17-21-7-6-13-28-16-21/h4-16,25-26H,17H2,1-3H3,(H,30,33)/t25-,26-/m1/s1. The van der Waals surface area contributed by atoms with Crippen molar-refractivity contribution in [2.24, 2.45) is 0 Å². The van der Waals surface area contributed by atoms with Crippen LogP contribution in [0.2, 0.25) is 0 Å². The number of rotatable bonds is 5. The minimum absolute atomic E-state index is 0.0102. The molecule has 0 saturated carbocycles.